The van der Waals surface area contributed by atoms with Crippen LogP contribution in [0.3, 0.4) is 0 Å². The zero-order valence-electron chi connectivity index (χ0n) is 12.2. The first kappa shape index (κ1) is 14.1. The van der Waals surface area contributed by atoms with Crippen molar-refractivity contribution in [2.24, 2.45) is 0 Å². The highest BCUT2D eigenvalue weighted by Gasteiger charge is 2.25. The quantitative estimate of drug-likeness (QED) is 0.859. The zero-order valence-corrected chi connectivity index (χ0v) is 12.2. The van der Waals surface area contributed by atoms with Gasteiger partial charge in [0.05, 0.1) is 12.2 Å². The highest BCUT2D eigenvalue weighted by atomic mass is 16.2. The first-order chi connectivity index (χ1) is 10.2. The summed E-state index contributed by atoms with van der Waals surface area (Å²) in [6, 6.07) is 3.55. The fourth-order valence-electron chi connectivity index (χ4n) is 2.80. The Morgan fingerprint density at radius 2 is 2.00 bits per heavy atom. The molecule has 2 saturated carbocycles. The molecule has 2 fully saturated rings. The Morgan fingerprint density at radius 1 is 1.24 bits per heavy atom. The topological polar surface area (TPSA) is 76.0 Å². The van der Waals surface area contributed by atoms with Gasteiger partial charge < -0.3 is 10.6 Å². The first-order valence-electron chi connectivity index (χ1n) is 7.85. The van der Waals surface area contributed by atoms with Crippen LogP contribution in [0.5, 0.6) is 0 Å². The highest BCUT2D eigenvalue weighted by Crippen LogP contribution is 2.38. The number of amides is 2. The largest absolute Gasteiger partial charge is 0.336 e. The Labute approximate surface area is 123 Å². The van der Waals surface area contributed by atoms with Crippen LogP contribution >= 0.6 is 0 Å². The molecule has 0 saturated heterocycles. The maximum absolute atomic E-state index is 11.7. The molecular weight excluding hydrogens is 268 g/mol. The summed E-state index contributed by atoms with van der Waals surface area (Å²) in [5, 5.41) is 10.1. The zero-order chi connectivity index (χ0) is 14.7. The molecular formula is C15H22N4O2. The van der Waals surface area contributed by atoms with Crippen LogP contribution < -0.4 is 16.2 Å². The summed E-state index contributed by atoms with van der Waals surface area (Å²) in [6.45, 7) is 0.830. The van der Waals surface area contributed by atoms with Gasteiger partial charge in [0, 0.05) is 24.6 Å². The van der Waals surface area contributed by atoms with Gasteiger partial charge in [-0.25, -0.2) is 9.48 Å². The number of hydrogen-bond donors (Lipinski definition) is 2. The molecule has 0 spiro atoms. The van der Waals surface area contributed by atoms with E-state index in [-0.39, 0.29) is 11.6 Å². The molecule has 1 aromatic heterocycles. The van der Waals surface area contributed by atoms with E-state index in [2.05, 4.69) is 15.7 Å². The first-order valence-corrected chi connectivity index (χ1v) is 7.85. The lowest BCUT2D eigenvalue weighted by molar-refractivity contribution is 0.236. The smallest absolute Gasteiger partial charge is 0.315 e. The summed E-state index contributed by atoms with van der Waals surface area (Å²) in [7, 11) is 0. The number of aromatic nitrogens is 2. The number of carbonyl (C=O) groups is 1. The maximum atomic E-state index is 11.7. The Bertz CT molecular complexity index is 559. The second-order valence-corrected chi connectivity index (χ2v) is 5.98. The maximum Gasteiger partial charge on any atom is 0.315 e. The van der Waals surface area contributed by atoms with Crippen LogP contribution in [0.15, 0.2) is 16.9 Å². The van der Waals surface area contributed by atoms with Gasteiger partial charge in [0.2, 0.25) is 0 Å². The lowest BCUT2D eigenvalue weighted by Crippen LogP contribution is -2.42. The molecule has 1 aromatic rings. The van der Waals surface area contributed by atoms with E-state index in [0.717, 1.165) is 31.4 Å². The summed E-state index contributed by atoms with van der Waals surface area (Å²) in [5.74, 6) is 0.524. The Hall–Kier alpha value is -1.85. The predicted octanol–water partition coefficient (Wildman–Crippen LogP) is 1.36. The van der Waals surface area contributed by atoms with Gasteiger partial charge in [0.25, 0.3) is 5.56 Å². The fraction of sp³-hybridized carbons (Fsp3) is 0.667. The number of rotatable bonds is 5. The summed E-state index contributed by atoms with van der Waals surface area (Å²) < 4.78 is 1.45. The van der Waals surface area contributed by atoms with Crippen LogP contribution in [0.2, 0.25) is 0 Å². The van der Waals surface area contributed by atoms with E-state index < -0.39 is 0 Å². The molecule has 1 heterocycles. The van der Waals surface area contributed by atoms with Gasteiger partial charge in [-0.05, 0) is 31.7 Å². The van der Waals surface area contributed by atoms with Crippen molar-refractivity contribution < 1.29 is 4.79 Å². The lowest BCUT2D eigenvalue weighted by atomic mass is 10.2. The van der Waals surface area contributed by atoms with E-state index >= 15 is 0 Å². The van der Waals surface area contributed by atoms with Crippen LogP contribution in [0, 0.1) is 0 Å². The van der Waals surface area contributed by atoms with Crippen molar-refractivity contribution in [2.45, 2.75) is 57.0 Å². The normalized spacial score (nSPS) is 18.7. The van der Waals surface area contributed by atoms with E-state index in [1.165, 1.54) is 17.5 Å². The van der Waals surface area contributed by atoms with E-state index in [1.807, 2.05) is 6.07 Å². The van der Waals surface area contributed by atoms with Crippen LogP contribution in [0.25, 0.3) is 0 Å². The van der Waals surface area contributed by atoms with E-state index in [1.54, 1.807) is 6.07 Å². The van der Waals surface area contributed by atoms with Crippen LogP contribution in [-0.4, -0.2) is 28.4 Å². The molecule has 0 aromatic carbocycles. The molecule has 2 amide bonds. The van der Waals surface area contributed by atoms with Gasteiger partial charge in [-0.3, -0.25) is 4.79 Å². The minimum Gasteiger partial charge on any atom is -0.336 e. The molecule has 3 rings (SSSR count). The summed E-state index contributed by atoms with van der Waals surface area (Å²) in [5.41, 5.74) is 0.877. The fourth-order valence-corrected chi connectivity index (χ4v) is 2.80. The van der Waals surface area contributed by atoms with Crippen molar-refractivity contribution in [3.8, 4) is 0 Å². The summed E-state index contributed by atoms with van der Waals surface area (Å²) >= 11 is 0. The molecule has 2 N–H and O–H groups in total. The molecule has 6 heteroatoms. The number of nitrogens with one attached hydrogen (secondary N) is 2. The van der Waals surface area contributed by atoms with Gasteiger partial charge >= 0.3 is 6.03 Å². The third kappa shape index (κ3) is 3.83. The average molecular weight is 290 g/mol. The average Bonchev–Trinajstić information content (AvgIpc) is 3.19. The van der Waals surface area contributed by atoms with Gasteiger partial charge in [0.15, 0.2) is 0 Å². The SMILES string of the molecule is O=C(NCCn1nc(C2CC2)ccc1=O)NC1CCCC1. The second-order valence-electron chi connectivity index (χ2n) is 5.98. The molecule has 21 heavy (non-hydrogen) atoms. The molecule has 2 aliphatic rings. The third-order valence-electron chi connectivity index (χ3n) is 4.18. The van der Waals surface area contributed by atoms with E-state index in [9.17, 15) is 9.59 Å². The van der Waals surface area contributed by atoms with Crippen molar-refractivity contribution in [1.29, 1.82) is 0 Å². The van der Waals surface area contributed by atoms with Crippen molar-refractivity contribution in [2.75, 3.05) is 6.54 Å². The van der Waals surface area contributed by atoms with Gasteiger partial charge in [-0.1, -0.05) is 12.8 Å². The molecule has 0 aliphatic heterocycles. The lowest BCUT2D eigenvalue weighted by Gasteiger charge is -2.13. The Morgan fingerprint density at radius 3 is 2.71 bits per heavy atom. The van der Waals surface area contributed by atoms with Gasteiger partial charge in [-0.2, -0.15) is 5.10 Å². The number of urea groups is 1. The summed E-state index contributed by atoms with van der Waals surface area (Å²) in [6.07, 6.45) is 6.84. The van der Waals surface area contributed by atoms with Crippen molar-refractivity contribution >= 4 is 6.03 Å². The van der Waals surface area contributed by atoms with Crippen molar-refractivity contribution in [1.82, 2.24) is 20.4 Å². The van der Waals surface area contributed by atoms with Crippen LogP contribution in [-0.2, 0) is 6.54 Å². The number of carbonyl (C=O) groups excluding carboxylic acids is 1. The highest BCUT2D eigenvalue weighted by molar-refractivity contribution is 5.74. The molecule has 0 bridgehead atoms. The second kappa shape index (κ2) is 6.28. The van der Waals surface area contributed by atoms with Crippen molar-refractivity contribution in [3.63, 3.8) is 0 Å². The molecule has 0 unspecified atom stereocenters. The van der Waals surface area contributed by atoms with Gasteiger partial charge in [-0.15, -0.1) is 0 Å². The third-order valence-corrected chi connectivity index (χ3v) is 4.18. The summed E-state index contributed by atoms with van der Waals surface area (Å²) in [4.78, 5) is 23.5. The molecule has 2 aliphatic carbocycles. The van der Waals surface area contributed by atoms with E-state index in [4.69, 9.17) is 0 Å². The molecule has 6 nitrogen and oxygen atoms in total. The Balaban J connectivity index is 1.47. The van der Waals surface area contributed by atoms with Crippen molar-refractivity contribution in [3.05, 3.63) is 28.2 Å². The standard InChI is InChI=1S/C15H22N4O2/c20-14-8-7-13(11-5-6-11)18-19(14)10-9-16-15(21)17-12-3-1-2-4-12/h7-8,11-12H,1-6,9-10H2,(H2,16,17,21). The minimum absolute atomic E-state index is 0.114. The Kier molecular flexibility index (Phi) is 4.22. The monoisotopic (exact) mass is 290 g/mol. The predicted molar refractivity (Wildman–Crippen MR) is 79.3 cm³/mol. The van der Waals surface area contributed by atoms with E-state index in [0.29, 0.717) is 25.0 Å². The molecule has 0 atom stereocenters. The molecule has 0 radical (unpaired) electrons. The minimum atomic E-state index is -0.145. The van der Waals surface area contributed by atoms with Crippen LogP contribution in [0.1, 0.15) is 50.1 Å². The number of nitrogens with zero attached hydrogens (tertiary/aromatic N) is 2. The van der Waals surface area contributed by atoms with Crippen LogP contribution in [0.4, 0.5) is 4.79 Å². The number of hydrogen-bond acceptors (Lipinski definition) is 3. The van der Waals surface area contributed by atoms with Gasteiger partial charge in [0.1, 0.15) is 0 Å². The molecule has 114 valence electrons.